The molecular formula is C11H14N2O6. The molecule has 0 aliphatic heterocycles. The van der Waals surface area contributed by atoms with E-state index in [4.69, 9.17) is 14.6 Å². The molecule has 0 saturated heterocycles. The Kier molecular flexibility index (Phi) is 5.07. The molecule has 0 heterocycles. The van der Waals surface area contributed by atoms with Crippen molar-refractivity contribution >= 4 is 17.3 Å². The molecule has 8 nitrogen and oxygen atoms in total. The van der Waals surface area contributed by atoms with E-state index in [2.05, 4.69) is 5.32 Å². The minimum absolute atomic E-state index is 0.0966. The van der Waals surface area contributed by atoms with Crippen LogP contribution in [0.1, 0.15) is 0 Å². The van der Waals surface area contributed by atoms with Crippen molar-refractivity contribution < 1.29 is 24.3 Å². The van der Waals surface area contributed by atoms with Crippen LogP contribution in [-0.4, -0.2) is 42.9 Å². The van der Waals surface area contributed by atoms with Crippen molar-refractivity contribution in [2.75, 3.05) is 26.1 Å². The quantitative estimate of drug-likeness (QED) is 0.564. The number of aliphatic carboxylic acids is 1. The fourth-order valence-electron chi connectivity index (χ4n) is 1.49. The van der Waals surface area contributed by atoms with Gasteiger partial charge in [0, 0.05) is 7.11 Å². The largest absolute Gasteiger partial charge is 0.490 e. The summed E-state index contributed by atoms with van der Waals surface area (Å²) in [7, 11) is 2.57. The summed E-state index contributed by atoms with van der Waals surface area (Å²) >= 11 is 0. The molecule has 0 aliphatic rings. The van der Waals surface area contributed by atoms with Gasteiger partial charge in [0.15, 0.2) is 11.9 Å². The molecule has 8 heteroatoms. The van der Waals surface area contributed by atoms with Gasteiger partial charge in [0.05, 0.1) is 18.6 Å². The van der Waals surface area contributed by atoms with Crippen molar-refractivity contribution in [2.24, 2.45) is 0 Å². The van der Waals surface area contributed by atoms with E-state index in [-0.39, 0.29) is 23.7 Å². The number of nitro benzene ring substituents is 1. The third-order valence-corrected chi connectivity index (χ3v) is 2.44. The number of ether oxygens (including phenoxy) is 2. The minimum Gasteiger partial charge on any atom is -0.490 e. The highest BCUT2D eigenvalue weighted by Crippen LogP contribution is 2.34. The molecule has 1 rings (SSSR count). The van der Waals surface area contributed by atoms with Crippen molar-refractivity contribution in [1.82, 2.24) is 0 Å². The smallest absolute Gasteiger partial charge is 0.334 e. The summed E-state index contributed by atoms with van der Waals surface area (Å²) in [6.07, 6.45) is -1.09. The van der Waals surface area contributed by atoms with E-state index in [9.17, 15) is 14.9 Å². The molecular weight excluding hydrogens is 256 g/mol. The number of nitro groups is 1. The van der Waals surface area contributed by atoms with Gasteiger partial charge in [-0.3, -0.25) is 10.1 Å². The molecule has 1 unspecified atom stereocenters. The Bertz CT molecular complexity index is 476. The molecule has 19 heavy (non-hydrogen) atoms. The highest BCUT2D eigenvalue weighted by Gasteiger charge is 2.22. The predicted molar refractivity (Wildman–Crippen MR) is 66.6 cm³/mol. The van der Waals surface area contributed by atoms with Gasteiger partial charge in [0.2, 0.25) is 0 Å². The normalized spacial score (nSPS) is 11.7. The zero-order valence-electron chi connectivity index (χ0n) is 10.5. The molecule has 0 saturated carbocycles. The number of rotatable bonds is 7. The molecule has 0 amide bonds. The number of nitrogens with one attached hydrogen (secondary N) is 1. The van der Waals surface area contributed by atoms with Gasteiger partial charge in [-0.05, 0) is 12.1 Å². The summed E-state index contributed by atoms with van der Waals surface area (Å²) in [5, 5.41) is 22.5. The van der Waals surface area contributed by atoms with Crippen LogP contribution < -0.4 is 10.1 Å². The van der Waals surface area contributed by atoms with Crippen molar-refractivity contribution in [3.63, 3.8) is 0 Å². The Morgan fingerprint density at radius 1 is 1.53 bits per heavy atom. The van der Waals surface area contributed by atoms with Crippen molar-refractivity contribution in [2.45, 2.75) is 6.10 Å². The Morgan fingerprint density at radius 2 is 2.21 bits per heavy atom. The number of benzene rings is 1. The van der Waals surface area contributed by atoms with Crippen LogP contribution >= 0.6 is 0 Å². The average Bonchev–Trinajstić information content (AvgIpc) is 2.38. The zero-order chi connectivity index (χ0) is 14.4. The molecule has 0 aromatic heterocycles. The Labute approximate surface area is 109 Å². The Balaban J connectivity index is 2.95. The first kappa shape index (κ1) is 14.7. The number of carboxylic acids is 1. The average molecular weight is 270 g/mol. The van der Waals surface area contributed by atoms with Crippen molar-refractivity contribution in [3.05, 3.63) is 28.3 Å². The van der Waals surface area contributed by atoms with Crippen molar-refractivity contribution in [3.8, 4) is 5.75 Å². The lowest BCUT2D eigenvalue weighted by Gasteiger charge is -2.13. The van der Waals surface area contributed by atoms with Crippen LogP contribution in [0, 0.1) is 10.1 Å². The highest BCUT2D eigenvalue weighted by atomic mass is 16.6. The van der Waals surface area contributed by atoms with E-state index >= 15 is 0 Å². The number of carbonyl (C=O) groups is 1. The Hall–Kier alpha value is -2.35. The van der Waals surface area contributed by atoms with Gasteiger partial charge in [0.1, 0.15) is 5.69 Å². The van der Waals surface area contributed by atoms with Gasteiger partial charge in [0.25, 0.3) is 0 Å². The van der Waals surface area contributed by atoms with Crippen LogP contribution in [0.15, 0.2) is 18.2 Å². The maximum absolute atomic E-state index is 11.0. The first-order valence-electron chi connectivity index (χ1n) is 5.32. The van der Waals surface area contributed by atoms with Crippen LogP contribution in [0.2, 0.25) is 0 Å². The molecule has 2 N–H and O–H groups in total. The number of carboxylic acid groups (broad SMARTS) is 1. The standard InChI is InChI=1S/C11H14N2O6/c1-18-8-5-3-4-7(10(8)13(16)17)12-6-9(19-2)11(14)15/h3-5,9,12H,6H2,1-2H3,(H,14,15). The third-order valence-electron chi connectivity index (χ3n) is 2.44. The maximum atomic E-state index is 11.0. The summed E-state index contributed by atoms with van der Waals surface area (Å²) in [5.41, 5.74) is -0.0714. The fraction of sp³-hybridized carbons (Fsp3) is 0.364. The highest BCUT2D eigenvalue weighted by molar-refractivity contribution is 5.74. The molecule has 1 aromatic rings. The van der Waals surface area contributed by atoms with Gasteiger partial charge in [-0.2, -0.15) is 0 Å². The number of nitrogens with zero attached hydrogens (tertiary/aromatic N) is 1. The summed E-state index contributed by atoms with van der Waals surface area (Å²) in [6, 6.07) is 4.49. The van der Waals surface area contributed by atoms with E-state index in [1.165, 1.54) is 26.4 Å². The van der Waals surface area contributed by atoms with Crippen LogP contribution in [0.5, 0.6) is 5.75 Å². The van der Waals surface area contributed by atoms with Crippen LogP contribution in [0.4, 0.5) is 11.4 Å². The molecule has 0 radical (unpaired) electrons. The molecule has 0 aliphatic carbocycles. The monoisotopic (exact) mass is 270 g/mol. The number of hydrogen-bond donors (Lipinski definition) is 2. The summed E-state index contributed by atoms with van der Waals surface area (Å²) in [4.78, 5) is 21.2. The van der Waals surface area contributed by atoms with Gasteiger partial charge < -0.3 is 19.9 Å². The van der Waals surface area contributed by atoms with Crippen LogP contribution in [0.3, 0.4) is 0 Å². The van der Waals surface area contributed by atoms with E-state index in [0.29, 0.717) is 0 Å². The predicted octanol–water partition coefficient (Wildman–Crippen LogP) is 1.11. The lowest BCUT2D eigenvalue weighted by Crippen LogP contribution is -2.30. The lowest BCUT2D eigenvalue weighted by atomic mass is 10.2. The van der Waals surface area contributed by atoms with Crippen molar-refractivity contribution in [1.29, 1.82) is 0 Å². The van der Waals surface area contributed by atoms with Gasteiger partial charge in [-0.15, -0.1) is 0 Å². The lowest BCUT2D eigenvalue weighted by molar-refractivity contribution is -0.384. The molecule has 0 fully saturated rings. The van der Waals surface area contributed by atoms with E-state index in [1.54, 1.807) is 6.07 Å². The molecule has 0 bridgehead atoms. The first-order chi connectivity index (χ1) is 9.01. The number of para-hydroxylation sites is 1. The zero-order valence-corrected chi connectivity index (χ0v) is 10.5. The van der Waals surface area contributed by atoms with Gasteiger partial charge >= 0.3 is 11.7 Å². The van der Waals surface area contributed by atoms with Crippen LogP contribution in [0.25, 0.3) is 0 Å². The SMILES string of the molecule is COc1cccc(NCC(OC)C(=O)O)c1[N+](=O)[O-]. The van der Waals surface area contributed by atoms with Gasteiger partial charge in [-0.1, -0.05) is 6.07 Å². The fourth-order valence-corrected chi connectivity index (χ4v) is 1.49. The minimum atomic E-state index is -1.15. The second kappa shape index (κ2) is 6.55. The second-order valence-electron chi connectivity index (χ2n) is 3.56. The number of anilines is 1. The van der Waals surface area contributed by atoms with Gasteiger partial charge in [-0.25, -0.2) is 4.79 Å². The number of hydrogen-bond acceptors (Lipinski definition) is 6. The molecule has 1 atom stereocenters. The van der Waals surface area contributed by atoms with E-state index < -0.39 is 17.0 Å². The first-order valence-corrected chi connectivity index (χ1v) is 5.32. The molecule has 104 valence electrons. The summed E-state index contributed by atoms with van der Waals surface area (Å²) in [6.45, 7) is -0.0974. The Morgan fingerprint density at radius 3 is 2.68 bits per heavy atom. The molecule has 1 aromatic carbocycles. The third kappa shape index (κ3) is 3.55. The summed E-state index contributed by atoms with van der Waals surface area (Å²) in [5.74, 6) is -1.06. The van der Waals surface area contributed by atoms with E-state index in [0.717, 1.165) is 0 Å². The molecule has 0 spiro atoms. The second-order valence-corrected chi connectivity index (χ2v) is 3.56. The van der Waals surface area contributed by atoms with Crippen LogP contribution in [-0.2, 0) is 9.53 Å². The van der Waals surface area contributed by atoms with E-state index in [1.807, 2.05) is 0 Å². The number of methoxy groups -OCH3 is 2. The maximum Gasteiger partial charge on any atom is 0.334 e. The topological polar surface area (TPSA) is 111 Å². The summed E-state index contributed by atoms with van der Waals surface area (Å²) < 4.78 is 9.63.